The van der Waals surface area contributed by atoms with Crippen LogP contribution in [0.25, 0.3) is 0 Å². The van der Waals surface area contributed by atoms with Gasteiger partial charge in [0.1, 0.15) is 12.2 Å². The van der Waals surface area contributed by atoms with Gasteiger partial charge < -0.3 is 14.2 Å². The van der Waals surface area contributed by atoms with Crippen LogP contribution in [0.2, 0.25) is 0 Å². The van der Waals surface area contributed by atoms with Crippen LogP contribution in [0.1, 0.15) is 34.6 Å². The molecule has 4 rings (SSSR count). The topological polar surface area (TPSA) is 65.1 Å². The van der Waals surface area contributed by atoms with Gasteiger partial charge in [-0.25, -0.2) is 4.90 Å². The van der Waals surface area contributed by atoms with Gasteiger partial charge in [0.05, 0.1) is 17.7 Å². The quantitative estimate of drug-likeness (QED) is 0.583. The molecule has 6 heteroatoms. The molecule has 23 heavy (non-hydrogen) atoms. The second kappa shape index (κ2) is 4.99. The average molecular weight is 315 g/mol. The Hall–Kier alpha value is -2.02. The molecule has 0 N–H and O–H groups in total. The molecule has 120 valence electrons. The summed E-state index contributed by atoms with van der Waals surface area (Å²) in [5.41, 5.74) is 0.822. The SMILES string of the molecule is CC1(C)OC[C@H]2O[C@H](N3C(=O)c4ccccc4C3=O)C=C[C@@H]2O1. The van der Waals surface area contributed by atoms with Gasteiger partial charge in [-0.2, -0.15) is 0 Å². The standard InChI is InChI=1S/C17H17NO5/c1-17(2)21-9-13-12(23-17)7-8-14(22-13)18-15(19)10-5-3-4-6-11(10)16(18)20/h3-8,12-14H,9H2,1-2H3/t12-,13+,14-/m0/s1. The van der Waals surface area contributed by atoms with E-state index in [0.29, 0.717) is 17.7 Å². The third-order valence-electron chi connectivity index (χ3n) is 4.24. The summed E-state index contributed by atoms with van der Waals surface area (Å²) in [4.78, 5) is 26.1. The molecule has 0 unspecified atom stereocenters. The first-order valence-corrected chi connectivity index (χ1v) is 7.59. The maximum atomic E-state index is 12.5. The van der Waals surface area contributed by atoms with E-state index in [1.807, 2.05) is 19.9 Å². The molecule has 0 bridgehead atoms. The summed E-state index contributed by atoms with van der Waals surface area (Å²) >= 11 is 0. The minimum Gasteiger partial charge on any atom is -0.348 e. The predicted octanol–water partition coefficient (Wildman–Crippen LogP) is 1.72. The van der Waals surface area contributed by atoms with Crippen LogP contribution in [0.4, 0.5) is 0 Å². The maximum absolute atomic E-state index is 12.5. The molecule has 1 fully saturated rings. The number of hydrogen-bond acceptors (Lipinski definition) is 5. The molecule has 1 saturated heterocycles. The lowest BCUT2D eigenvalue weighted by molar-refractivity contribution is -0.309. The van der Waals surface area contributed by atoms with E-state index in [9.17, 15) is 9.59 Å². The summed E-state index contributed by atoms with van der Waals surface area (Å²) in [6, 6.07) is 6.79. The van der Waals surface area contributed by atoms with Crippen LogP contribution < -0.4 is 0 Å². The molecule has 0 aliphatic carbocycles. The Kier molecular flexibility index (Phi) is 3.16. The number of carbonyl (C=O) groups is 2. The Morgan fingerprint density at radius 1 is 1.09 bits per heavy atom. The van der Waals surface area contributed by atoms with Crippen molar-refractivity contribution in [2.45, 2.75) is 38.1 Å². The van der Waals surface area contributed by atoms with E-state index in [1.54, 1.807) is 30.3 Å². The van der Waals surface area contributed by atoms with Crippen LogP contribution in [0.15, 0.2) is 36.4 Å². The van der Waals surface area contributed by atoms with E-state index in [1.165, 1.54) is 0 Å². The molecule has 3 heterocycles. The summed E-state index contributed by atoms with van der Waals surface area (Å²) in [5, 5.41) is 0. The van der Waals surface area contributed by atoms with E-state index in [-0.39, 0.29) is 24.0 Å². The number of benzene rings is 1. The monoisotopic (exact) mass is 315 g/mol. The molecule has 0 radical (unpaired) electrons. The summed E-state index contributed by atoms with van der Waals surface area (Å²) in [5.74, 6) is -1.34. The lowest BCUT2D eigenvalue weighted by Gasteiger charge is -2.43. The summed E-state index contributed by atoms with van der Waals surface area (Å²) in [6.45, 7) is 4.03. The number of fused-ring (bicyclic) bond motifs is 2. The minimum absolute atomic E-state index is 0.245. The first-order valence-electron chi connectivity index (χ1n) is 7.59. The summed E-state index contributed by atoms with van der Waals surface area (Å²) in [6.07, 6.45) is 2.21. The fourth-order valence-electron chi connectivity index (χ4n) is 3.11. The van der Waals surface area contributed by atoms with Crippen LogP contribution in [0, 0.1) is 0 Å². The fraction of sp³-hybridized carbons (Fsp3) is 0.412. The Morgan fingerprint density at radius 2 is 1.74 bits per heavy atom. The number of hydrogen-bond donors (Lipinski definition) is 0. The van der Waals surface area contributed by atoms with Gasteiger partial charge in [-0.05, 0) is 32.1 Å². The number of imide groups is 1. The van der Waals surface area contributed by atoms with Crippen molar-refractivity contribution in [2.75, 3.05) is 6.61 Å². The molecule has 3 aliphatic heterocycles. The van der Waals surface area contributed by atoms with E-state index < -0.39 is 12.0 Å². The summed E-state index contributed by atoms with van der Waals surface area (Å²) in [7, 11) is 0. The first kappa shape index (κ1) is 14.6. The normalized spacial score (nSPS) is 31.9. The van der Waals surface area contributed by atoms with Crippen molar-refractivity contribution >= 4 is 11.8 Å². The number of ether oxygens (including phenoxy) is 3. The van der Waals surface area contributed by atoms with Gasteiger partial charge in [0, 0.05) is 0 Å². The van der Waals surface area contributed by atoms with Gasteiger partial charge in [-0.15, -0.1) is 0 Å². The van der Waals surface area contributed by atoms with Gasteiger partial charge in [0.25, 0.3) is 11.8 Å². The zero-order valence-corrected chi connectivity index (χ0v) is 12.9. The van der Waals surface area contributed by atoms with E-state index in [2.05, 4.69) is 0 Å². The zero-order valence-electron chi connectivity index (χ0n) is 12.9. The molecule has 3 aliphatic rings. The average Bonchev–Trinajstić information content (AvgIpc) is 2.78. The number of carbonyl (C=O) groups excluding carboxylic acids is 2. The van der Waals surface area contributed by atoms with Crippen molar-refractivity contribution in [3.8, 4) is 0 Å². The smallest absolute Gasteiger partial charge is 0.263 e. The predicted molar refractivity (Wildman–Crippen MR) is 79.6 cm³/mol. The lowest BCUT2D eigenvalue weighted by atomic mass is 10.1. The highest BCUT2D eigenvalue weighted by atomic mass is 16.7. The third-order valence-corrected chi connectivity index (χ3v) is 4.24. The van der Waals surface area contributed by atoms with E-state index >= 15 is 0 Å². The summed E-state index contributed by atoms with van der Waals surface area (Å²) < 4.78 is 17.3. The van der Waals surface area contributed by atoms with Gasteiger partial charge in [-0.1, -0.05) is 18.2 Å². The Morgan fingerprint density at radius 3 is 2.39 bits per heavy atom. The molecule has 3 atom stereocenters. The van der Waals surface area contributed by atoms with Crippen molar-refractivity contribution < 1.29 is 23.8 Å². The highest BCUT2D eigenvalue weighted by Crippen LogP contribution is 2.32. The van der Waals surface area contributed by atoms with Crippen molar-refractivity contribution in [3.05, 3.63) is 47.5 Å². The molecule has 2 amide bonds. The van der Waals surface area contributed by atoms with Gasteiger partial charge >= 0.3 is 0 Å². The van der Waals surface area contributed by atoms with Crippen molar-refractivity contribution in [1.82, 2.24) is 4.90 Å². The molecule has 0 spiro atoms. The van der Waals surface area contributed by atoms with Crippen molar-refractivity contribution in [3.63, 3.8) is 0 Å². The minimum atomic E-state index is -0.739. The Bertz CT molecular complexity index is 676. The molecular weight excluding hydrogens is 298 g/mol. The van der Waals surface area contributed by atoms with Gasteiger partial charge in [0.15, 0.2) is 12.0 Å². The molecule has 6 nitrogen and oxygen atoms in total. The van der Waals surface area contributed by atoms with Crippen LogP contribution in [-0.2, 0) is 14.2 Å². The molecular formula is C17H17NO5. The van der Waals surface area contributed by atoms with E-state index in [4.69, 9.17) is 14.2 Å². The maximum Gasteiger partial charge on any atom is 0.263 e. The van der Waals surface area contributed by atoms with Crippen LogP contribution in [0.5, 0.6) is 0 Å². The molecule has 0 saturated carbocycles. The molecule has 1 aromatic carbocycles. The first-order chi connectivity index (χ1) is 11.0. The highest BCUT2D eigenvalue weighted by molar-refractivity contribution is 6.21. The van der Waals surface area contributed by atoms with Crippen LogP contribution in [0.3, 0.4) is 0 Å². The highest BCUT2D eigenvalue weighted by Gasteiger charge is 2.45. The second-order valence-electron chi connectivity index (χ2n) is 6.27. The number of rotatable bonds is 1. The largest absolute Gasteiger partial charge is 0.348 e. The van der Waals surface area contributed by atoms with Gasteiger partial charge in [-0.3, -0.25) is 9.59 Å². The van der Waals surface area contributed by atoms with Crippen LogP contribution in [-0.4, -0.2) is 47.5 Å². The van der Waals surface area contributed by atoms with Crippen LogP contribution >= 0.6 is 0 Å². The van der Waals surface area contributed by atoms with Gasteiger partial charge in [0.2, 0.25) is 0 Å². The third kappa shape index (κ3) is 2.30. The van der Waals surface area contributed by atoms with Crippen molar-refractivity contribution in [1.29, 1.82) is 0 Å². The Labute approximate surface area is 133 Å². The van der Waals surface area contributed by atoms with E-state index in [0.717, 1.165) is 4.90 Å². The number of amides is 2. The van der Waals surface area contributed by atoms with Crippen molar-refractivity contribution in [2.24, 2.45) is 0 Å². The lowest BCUT2D eigenvalue weighted by Crippen LogP contribution is -2.54. The number of nitrogens with zero attached hydrogens (tertiary/aromatic N) is 1. The molecule has 1 aromatic rings. The molecule has 0 aromatic heterocycles. The Balaban J connectivity index is 1.59. The fourth-order valence-corrected chi connectivity index (χ4v) is 3.11. The zero-order chi connectivity index (χ0) is 16.2. The second-order valence-corrected chi connectivity index (χ2v) is 6.27.